The fraction of sp³-hybridized carbons (Fsp3) is 0.111. The first-order chi connectivity index (χ1) is 7.11. The zero-order valence-electron chi connectivity index (χ0n) is 7.97. The van der Waals surface area contributed by atoms with Crippen LogP contribution in [0.25, 0.3) is 0 Å². The first-order valence-electron chi connectivity index (χ1n) is 4.23. The van der Waals surface area contributed by atoms with Gasteiger partial charge in [0.1, 0.15) is 0 Å². The minimum atomic E-state index is -0.253. The second kappa shape index (κ2) is 5.54. The molecule has 80 valence electrons. The number of guanidine groups is 2. The Bertz CT molecular complexity index is 359. The molecule has 0 unspecified atom stereocenters. The Morgan fingerprint density at radius 1 is 1.27 bits per heavy atom. The molecule has 0 aliphatic carbocycles. The number of halogens is 1. The Hall–Kier alpha value is -1.31. The van der Waals surface area contributed by atoms with E-state index < -0.39 is 0 Å². The van der Waals surface area contributed by atoms with Gasteiger partial charge in [-0.25, -0.2) is 0 Å². The van der Waals surface area contributed by atoms with Gasteiger partial charge in [0.2, 0.25) is 0 Å². The Balaban J connectivity index is 2.57. The zero-order valence-corrected chi connectivity index (χ0v) is 10.1. The lowest BCUT2D eigenvalue weighted by molar-refractivity contribution is 1.20. The molecule has 1 rings (SSSR count). The third-order valence-electron chi connectivity index (χ3n) is 1.64. The van der Waals surface area contributed by atoms with Gasteiger partial charge in [0, 0.05) is 10.1 Å². The normalized spacial score (nSPS) is 9.40. The predicted octanol–water partition coefficient (Wildman–Crippen LogP) is 1.45. The predicted molar refractivity (Wildman–Crippen MR) is 70.6 cm³/mol. The number of hydrogen-bond donors (Lipinski definition) is 5. The lowest BCUT2D eigenvalue weighted by Crippen LogP contribution is -2.39. The van der Waals surface area contributed by atoms with Crippen LogP contribution < -0.4 is 16.4 Å². The van der Waals surface area contributed by atoms with Gasteiger partial charge in [-0.05, 0) is 17.7 Å². The summed E-state index contributed by atoms with van der Waals surface area (Å²) in [4.78, 5) is 0. The van der Waals surface area contributed by atoms with Crippen molar-refractivity contribution in [3.8, 4) is 0 Å². The van der Waals surface area contributed by atoms with E-state index >= 15 is 0 Å². The maximum Gasteiger partial charge on any atom is 0.199 e. The molecule has 0 fully saturated rings. The number of benzene rings is 1. The van der Waals surface area contributed by atoms with Crippen LogP contribution in [0.4, 0.5) is 5.69 Å². The van der Waals surface area contributed by atoms with Crippen molar-refractivity contribution in [3.63, 3.8) is 0 Å². The first-order valence-corrected chi connectivity index (χ1v) is 5.76. The van der Waals surface area contributed by atoms with Crippen LogP contribution in [0, 0.1) is 10.8 Å². The second-order valence-electron chi connectivity index (χ2n) is 2.87. The number of nitrogens with two attached hydrogens (primary N) is 1. The second-order valence-corrected chi connectivity index (χ2v) is 3.63. The summed E-state index contributed by atoms with van der Waals surface area (Å²) in [5.74, 6) is -0.263. The van der Waals surface area contributed by atoms with Crippen molar-refractivity contribution < 1.29 is 0 Å². The van der Waals surface area contributed by atoms with Gasteiger partial charge in [-0.1, -0.05) is 34.7 Å². The lowest BCUT2D eigenvalue weighted by atomic mass is 10.2. The van der Waals surface area contributed by atoms with Crippen LogP contribution in [0.3, 0.4) is 0 Å². The number of hydrogen-bond acceptors (Lipinski definition) is 2. The van der Waals surface area contributed by atoms with Crippen LogP contribution >= 0.6 is 22.6 Å². The summed E-state index contributed by atoms with van der Waals surface area (Å²) in [6.07, 6.45) is 0. The monoisotopic (exact) mass is 317 g/mol. The molecule has 0 atom stereocenters. The van der Waals surface area contributed by atoms with Gasteiger partial charge >= 0.3 is 0 Å². The van der Waals surface area contributed by atoms with E-state index in [1.54, 1.807) is 0 Å². The van der Waals surface area contributed by atoms with Gasteiger partial charge < -0.3 is 11.1 Å². The Kier molecular flexibility index (Phi) is 4.35. The van der Waals surface area contributed by atoms with Crippen LogP contribution in [0.5, 0.6) is 0 Å². The summed E-state index contributed by atoms with van der Waals surface area (Å²) in [7, 11) is 0. The molecule has 0 amide bonds. The number of anilines is 1. The lowest BCUT2D eigenvalue weighted by Gasteiger charge is -2.08. The maximum atomic E-state index is 7.41. The van der Waals surface area contributed by atoms with Crippen LogP contribution in [0.15, 0.2) is 24.3 Å². The van der Waals surface area contributed by atoms with Crippen LogP contribution in [0.2, 0.25) is 0 Å². The molecular formula is C9H12IN5. The third kappa shape index (κ3) is 4.15. The Labute approximate surface area is 102 Å². The molecule has 15 heavy (non-hydrogen) atoms. The van der Waals surface area contributed by atoms with E-state index in [1.807, 2.05) is 24.3 Å². The highest BCUT2D eigenvalue weighted by atomic mass is 127. The fourth-order valence-corrected chi connectivity index (χ4v) is 1.50. The summed E-state index contributed by atoms with van der Waals surface area (Å²) in [5, 5.41) is 19.5. The van der Waals surface area contributed by atoms with E-state index in [0.717, 1.165) is 10.1 Å². The van der Waals surface area contributed by atoms with Gasteiger partial charge in [-0.15, -0.1) is 0 Å². The maximum absolute atomic E-state index is 7.41. The average molecular weight is 317 g/mol. The van der Waals surface area contributed by atoms with Gasteiger partial charge in [-0.2, -0.15) is 0 Å². The molecule has 6 N–H and O–H groups in total. The summed E-state index contributed by atoms with van der Waals surface area (Å²) < 4.78 is 0.960. The first kappa shape index (κ1) is 11.8. The van der Waals surface area contributed by atoms with Gasteiger partial charge in [0.25, 0.3) is 0 Å². The minimum absolute atomic E-state index is 0.00952. The summed E-state index contributed by atoms with van der Waals surface area (Å²) in [5.41, 5.74) is 7.11. The van der Waals surface area contributed by atoms with E-state index in [0.29, 0.717) is 0 Å². The van der Waals surface area contributed by atoms with E-state index in [2.05, 4.69) is 33.2 Å². The third-order valence-corrected chi connectivity index (χ3v) is 2.52. The van der Waals surface area contributed by atoms with E-state index in [-0.39, 0.29) is 11.9 Å². The van der Waals surface area contributed by atoms with Crippen molar-refractivity contribution in [2.45, 2.75) is 4.43 Å². The molecule has 0 aromatic heterocycles. The molecule has 6 heteroatoms. The fourth-order valence-electron chi connectivity index (χ4n) is 0.987. The molecule has 0 bridgehead atoms. The summed E-state index contributed by atoms with van der Waals surface area (Å²) in [6.45, 7) is 0. The quantitative estimate of drug-likeness (QED) is 0.247. The minimum Gasteiger partial charge on any atom is -0.370 e. The van der Waals surface area contributed by atoms with Gasteiger partial charge in [0.05, 0.1) is 0 Å². The standard InChI is InChI=1S/C9H12IN5/c10-5-6-1-3-7(4-2-6)14-9(13)15-8(11)12/h1-4H,5H2,(H6,11,12,13,14,15). The number of rotatable bonds is 2. The Morgan fingerprint density at radius 3 is 2.33 bits per heavy atom. The van der Waals surface area contributed by atoms with Crippen molar-refractivity contribution in [2.75, 3.05) is 5.32 Å². The Morgan fingerprint density at radius 2 is 1.87 bits per heavy atom. The number of alkyl halides is 1. The molecule has 0 saturated heterocycles. The molecule has 0 spiro atoms. The smallest absolute Gasteiger partial charge is 0.199 e. The van der Waals surface area contributed by atoms with Gasteiger partial charge in [-0.3, -0.25) is 16.1 Å². The van der Waals surface area contributed by atoms with Crippen molar-refractivity contribution in [2.24, 2.45) is 5.73 Å². The van der Waals surface area contributed by atoms with Crippen LogP contribution in [-0.4, -0.2) is 11.9 Å². The molecule has 0 saturated carbocycles. The van der Waals surface area contributed by atoms with Crippen LogP contribution in [0.1, 0.15) is 5.56 Å². The highest BCUT2D eigenvalue weighted by Crippen LogP contribution is 2.11. The molecule has 0 heterocycles. The van der Waals surface area contributed by atoms with E-state index in [1.165, 1.54) is 5.56 Å². The molecule has 0 radical (unpaired) electrons. The summed E-state index contributed by atoms with van der Waals surface area (Å²) >= 11 is 2.29. The average Bonchev–Trinajstić information content (AvgIpc) is 2.17. The molecule has 0 aliphatic heterocycles. The topological polar surface area (TPSA) is 97.8 Å². The zero-order chi connectivity index (χ0) is 11.3. The summed E-state index contributed by atoms with van der Waals surface area (Å²) in [6, 6.07) is 7.72. The molecule has 1 aromatic carbocycles. The van der Waals surface area contributed by atoms with Crippen molar-refractivity contribution in [1.82, 2.24) is 5.32 Å². The molecule has 5 nitrogen and oxygen atoms in total. The molecule has 1 aromatic rings. The highest BCUT2D eigenvalue weighted by Gasteiger charge is 1.98. The van der Waals surface area contributed by atoms with Gasteiger partial charge in [0.15, 0.2) is 11.9 Å². The molecular weight excluding hydrogens is 305 g/mol. The van der Waals surface area contributed by atoms with Crippen molar-refractivity contribution in [3.05, 3.63) is 29.8 Å². The van der Waals surface area contributed by atoms with Crippen molar-refractivity contribution in [1.29, 1.82) is 10.8 Å². The highest BCUT2D eigenvalue weighted by molar-refractivity contribution is 14.1. The van der Waals surface area contributed by atoms with Crippen molar-refractivity contribution >= 4 is 40.2 Å². The van der Waals surface area contributed by atoms with Crippen LogP contribution in [-0.2, 0) is 4.43 Å². The largest absolute Gasteiger partial charge is 0.370 e. The SMILES string of the molecule is N=C(N)NC(=N)Nc1ccc(CI)cc1. The number of nitrogens with one attached hydrogen (secondary N) is 4. The molecule has 0 aliphatic rings. The van der Waals surface area contributed by atoms with E-state index in [4.69, 9.17) is 16.6 Å². The van der Waals surface area contributed by atoms with E-state index in [9.17, 15) is 0 Å².